The van der Waals surface area contributed by atoms with Crippen molar-refractivity contribution in [3.05, 3.63) is 100 Å². The highest BCUT2D eigenvalue weighted by molar-refractivity contribution is 5.97. The molecule has 1 saturated carbocycles. The van der Waals surface area contributed by atoms with E-state index in [0.717, 1.165) is 11.1 Å². The quantitative estimate of drug-likeness (QED) is 0.0300. The van der Waals surface area contributed by atoms with E-state index in [1.165, 1.54) is 4.68 Å². The van der Waals surface area contributed by atoms with E-state index in [-0.39, 0.29) is 131 Å². The van der Waals surface area contributed by atoms with Gasteiger partial charge in [0.25, 0.3) is 11.7 Å². The van der Waals surface area contributed by atoms with E-state index in [1.54, 1.807) is 44.2 Å². The molecule has 22 heteroatoms. The summed E-state index contributed by atoms with van der Waals surface area (Å²) in [6, 6.07) is 14.9. The molecule has 3 heterocycles. The summed E-state index contributed by atoms with van der Waals surface area (Å²) in [6.45, 7) is 23.8. The molecule has 2 aromatic carbocycles. The summed E-state index contributed by atoms with van der Waals surface area (Å²) in [6.07, 6.45) is 2.37. The van der Waals surface area contributed by atoms with Crippen LogP contribution in [0.15, 0.2) is 60.8 Å². The molecule has 7 N–H and O–H groups in total. The fraction of sp³-hybridized carbons (Fsp3) is 0.550. The average molecular weight is 1130 g/mol. The van der Waals surface area contributed by atoms with Crippen LogP contribution in [0.2, 0.25) is 0 Å². The SMILES string of the molecule is [C-]#[N+]c1c2c(nn1CCNC(=O)CCOCCOCCOCCOCCC(=O)N[C@@H]1CC(C(=O)[C@@H](NC(=O)[C@H](C)NC)C(C)(C)C)[C@H](C(=O)N[C@H](CC)c3ccccc3)C1)CN(C)C(=O)c1ccc(C)cc1[C@@H](C)Oc1cc-2cnc1N. The number of ether oxygens (including phenoxy) is 5. The third-order valence-corrected chi connectivity index (χ3v) is 14.7. The summed E-state index contributed by atoms with van der Waals surface area (Å²) in [5.41, 5.74) is 10.2. The fourth-order valence-electron chi connectivity index (χ4n) is 10.1. The highest BCUT2D eigenvalue weighted by Crippen LogP contribution is 2.40. The molecular weight excluding hydrogens is 1050 g/mol. The third-order valence-electron chi connectivity index (χ3n) is 14.7. The molecule has 6 rings (SSSR count). The van der Waals surface area contributed by atoms with E-state index in [0.29, 0.717) is 59.9 Å². The van der Waals surface area contributed by atoms with Gasteiger partial charge in [0.1, 0.15) is 18.3 Å². The van der Waals surface area contributed by atoms with Crippen LogP contribution in [0.25, 0.3) is 16.0 Å². The topological polar surface area (TPSA) is 273 Å². The van der Waals surface area contributed by atoms with Gasteiger partial charge >= 0.3 is 0 Å². The van der Waals surface area contributed by atoms with Crippen LogP contribution in [0.5, 0.6) is 5.75 Å². The standard InChI is InChI=1S/C60H83N11O11/c1-11-47(40-15-13-12-14-16-40)67-58(76)46-34-42(33-45(46)53(74)54(60(5,6)7)68-57(75)38(3)62-8)66-51(73)20-24-79-26-28-81-30-29-80-27-25-78-23-19-50(72)64-21-22-71-56(63-9)52-41-32-49(55(61)65-35-41)82-39(4)44-31-37(2)17-18-43(44)59(77)70(10)36-48(52)69-71/h12-18,31-32,35,38-39,42,45-47,54,62H,11,19-30,33-34,36H2,1-8,10H3,(H2,61,65)(H,64,72)(H,66,73)(H,67,76)(H,68,75)/t38-,39+,42+,45?,46+,47+,54+/m0/s1. The molecule has 0 saturated heterocycles. The number of rotatable bonds is 28. The lowest BCUT2D eigenvalue weighted by Gasteiger charge is -2.34. The van der Waals surface area contributed by atoms with Crippen molar-refractivity contribution in [3.63, 3.8) is 0 Å². The molecule has 1 unspecified atom stereocenters. The molecule has 4 aromatic rings. The highest BCUT2D eigenvalue weighted by atomic mass is 16.6. The first-order valence-electron chi connectivity index (χ1n) is 28.2. The molecule has 2 aromatic heterocycles. The number of nitrogens with one attached hydrogen (secondary N) is 5. The van der Waals surface area contributed by atoms with Crippen molar-refractivity contribution in [3.8, 4) is 16.9 Å². The van der Waals surface area contributed by atoms with Crippen molar-refractivity contribution < 1.29 is 52.5 Å². The highest BCUT2D eigenvalue weighted by Gasteiger charge is 2.48. The van der Waals surface area contributed by atoms with Crippen molar-refractivity contribution in [2.45, 2.75) is 124 Å². The Morgan fingerprint density at radius 3 is 2.15 bits per heavy atom. The van der Waals surface area contributed by atoms with Gasteiger partial charge in [-0.25, -0.2) is 4.98 Å². The molecule has 82 heavy (non-hydrogen) atoms. The lowest BCUT2D eigenvalue weighted by Crippen LogP contribution is -2.55. The third kappa shape index (κ3) is 17.6. The Balaban J connectivity index is 0.860. The second-order valence-electron chi connectivity index (χ2n) is 21.9. The summed E-state index contributed by atoms with van der Waals surface area (Å²) in [4.78, 5) is 91.0. The number of aryl methyl sites for hydroxylation is 1. The number of ketones is 1. The van der Waals surface area contributed by atoms with E-state index in [2.05, 4.69) is 36.4 Å². The Bertz CT molecular complexity index is 2870. The first-order valence-corrected chi connectivity index (χ1v) is 28.2. The maximum absolute atomic E-state index is 14.4. The lowest BCUT2D eigenvalue weighted by atomic mass is 9.77. The van der Waals surface area contributed by atoms with Crippen molar-refractivity contribution in [1.82, 2.24) is 46.2 Å². The molecule has 2 aliphatic rings. The molecular formula is C60H83N11O11. The number of amides is 5. The van der Waals surface area contributed by atoms with Gasteiger partial charge in [-0.15, -0.1) is 5.10 Å². The number of carbonyl (C=O) groups is 6. The fourth-order valence-corrected chi connectivity index (χ4v) is 10.1. The molecule has 1 aliphatic heterocycles. The van der Waals surface area contributed by atoms with Gasteiger partial charge in [0.05, 0.1) is 84.1 Å². The minimum absolute atomic E-state index is 0.0723. The predicted molar refractivity (Wildman–Crippen MR) is 308 cm³/mol. The Morgan fingerprint density at radius 1 is 0.890 bits per heavy atom. The number of fused-ring (bicyclic) bond motifs is 5. The molecule has 0 radical (unpaired) electrons. The molecule has 444 valence electrons. The molecule has 1 aliphatic carbocycles. The number of nitrogens with two attached hydrogens (primary N) is 1. The molecule has 22 nitrogen and oxygen atoms in total. The van der Waals surface area contributed by atoms with Crippen LogP contribution >= 0.6 is 0 Å². The lowest BCUT2D eigenvalue weighted by molar-refractivity contribution is -0.137. The zero-order valence-corrected chi connectivity index (χ0v) is 48.9. The van der Waals surface area contributed by atoms with Crippen molar-refractivity contribution >= 4 is 47.0 Å². The largest absolute Gasteiger partial charge is 0.482 e. The van der Waals surface area contributed by atoms with Crippen LogP contribution in [-0.4, -0.2) is 147 Å². The van der Waals surface area contributed by atoms with Gasteiger partial charge in [0.2, 0.25) is 23.6 Å². The molecule has 2 bridgehead atoms. The Hall–Kier alpha value is -7.29. The Labute approximate surface area is 481 Å². The first kappa shape index (κ1) is 63.9. The van der Waals surface area contributed by atoms with Crippen molar-refractivity contribution in [1.29, 1.82) is 0 Å². The smallest absolute Gasteiger partial charge is 0.260 e. The minimum Gasteiger partial charge on any atom is -0.482 e. The number of nitrogens with zero attached hydrogens (tertiary/aromatic N) is 5. The monoisotopic (exact) mass is 1130 g/mol. The maximum atomic E-state index is 14.4. The van der Waals surface area contributed by atoms with E-state index in [9.17, 15) is 28.8 Å². The number of Topliss-reactive ketones (excluding diaryl/α,β-unsaturated/α-hetero) is 1. The summed E-state index contributed by atoms with van der Waals surface area (Å²) in [5, 5.41) is 19.7. The summed E-state index contributed by atoms with van der Waals surface area (Å²) in [5.74, 6) is -2.31. The number of aromatic nitrogens is 3. The number of likely N-dealkylation sites (N-methyl/N-ethyl adjacent to an activating group) is 1. The Kier molecular flexibility index (Phi) is 23.9. The van der Waals surface area contributed by atoms with Crippen LogP contribution in [0.4, 0.5) is 11.6 Å². The van der Waals surface area contributed by atoms with E-state index in [4.69, 9.17) is 41.1 Å². The van der Waals surface area contributed by atoms with Crippen LogP contribution in [-0.2, 0) is 56.0 Å². The number of hydrogen-bond acceptors (Lipinski definition) is 15. The van der Waals surface area contributed by atoms with Crippen LogP contribution in [0, 0.1) is 30.7 Å². The Morgan fingerprint density at radius 2 is 1.52 bits per heavy atom. The molecule has 7 atom stereocenters. The number of anilines is 1. The van der Waals surface area contributed by atoms with Gasteiger partial charge in [-0.1, -0.05) is 82.3 Å². The zero-order chi connectivity index (χ0) is 59.5. The van der Waals surface area contributed by atoms with Crippen LogP contribution in [0.3, 0.4) is 0 Å². The summed E-state index contributed by atoms with van der Waals surface area (Å²) in [7, 11) is 3.35. The van der Waals surface area contributed by atoms with Crippen LogP contribution < -0.4 is 37.1 Å². The second kappa shape index (κ2) is 30.7. The molecule has 0 spiro atoms. The van der Waals surface area contributed by atoms with E-state index in [1.807, 2.05) is 84.0 Å². The maximum Gasteiger partial charge on any atom is 0.260 e. The van der Waals surface area contributed by atoms with Crippen molar-refractivity contribution in [2.75, 3.05) is 79.2 Å². The average Bonchev–Trinajstić information content (AvgIpc) is 4.14. The summed E-state index contributed by atoms with van der Waals surface area (Å²) >= 11 is 0. The zero-order valence-electron chi connectivity index (χ0n) is 48.9. The number of nitrogen functional groups attached to an aromatic ring is 1. The van der Waals surface area contributed by atoms with Gasteiger partial charge in [0, 0.05) is 60.7 Å². The van der Waals surface area contributed by atoms with E-state index >= 15 is 0 Å². The van der Waals surface area contributed by atoms with Gasteiger partial charge in [0.15, 0.2) is 17.4 Å². The van der Waals surface area contributed by atoms with Gasteiger partial charge in [-0.3, -0.25) is 28.8 Å². The first-order chi connectivity index (χ1) is 39.2. The number of carbonyl (C=O) groups excluding carboxylic acids is 6. The van der Waals surface area contributed by atoms with Crippen molar-refractivity contribution in [2.24, 2.45) is 17.3 Å². The van der Waals surface area contributed by atoms with Gasteiger partial charge < -0.3 is 65.7 Å². The number of pyridine rings is 1. The van der Waals surface area contributed by atoms with Gasteiger partial charge in [-0.05, 0) is 75.8 Å². The normalized spacial score (nSPS) is 18.0. The van der Waals surface area contributed by atoms with Gasteiger partial charge in [-0.2, -0.15) is 4.68 Å². The predicted octanol–water partition coefficient (Wildman–Crippen LogP) is 5.56. The summed E-state index contributed by atoms with van der Waals surface area (Å²) < 4.78 is 30.3. The minimum atomic E-state index is -0.860. The molecule has 5 amide bonds. The van der Waals surface area contributed by atoms with E-state index < -0.39 is 41.5 Å². The second-order valence-corrected chi connectivity index (χ2v) is 21.9. The number of benzene rings is 2. The van der Waals surface area contributed by atoms with Crippen LogP contribution in [0.1, 0.15) is 119 Å². The molecule has 1 fully saturated rings. The number of hydrogen-bond donors (Lipinski definition) is 6.